The van der Waals surface area contributed by atoms with Crippen LogP contribution in [-0.2, 0) is 27.4 Å². The number of alkyl halides is 2. The van der Waals surface area contributed by atoms with Crippen LogP contribution >= 0.6 is 23.2 Å². The Morgan fingerprint density at radius 1 is 0.378 bits per heavy atom. The third-order valence-electron chi connectivity index (χ3n) is 8.51. The first-order valence-corrected chi connectivity index (χ1v) is 19.5. The quantitative estimate of drug-likeness (QED) is 0.0443. The second-order valence-electron chi connectivity index (χ2n) is 12.6. The molecule has 0 bridgehead atoms. The molecule has 0 fully saturated rings. The van der Waals surface area contributed by atoms with E-state index < -0.39 is 0 Å². The highest BCUT2D eigenvalue weighted by molar-refractivity contribution is 6.18. The summed E-state index contributed by atoms with van der Waals surface area (Å²) in [6.45, 7) is 1.12. The Labute approximate surface area is 287 Å². The van der Waals surface area contributed by atoms with E-state index in [1.54, 1.807) is 0 Å². The molecule has 0 aliphatic rings. The van der Waals surface area contributed by atoms with E-state index in [0.29, 0.717) is 13.2 Å². The zero-order valence-corrected chi connectivity index (χ0v) is 29.8. The van der Waals surface area contributed by atoms with Gasteiger partial charge in [-0.25, -0.2) is 0 Å². The first kappa shape index (κ1) is 40.1. The van der Waals surface area contributed by atoms with Gasteiger partial charge in [0.25, 0.3) is 0 Å². The molecular weight excluding hydrogens is 599 g/mol. The van der Waals surface area contributed by atoms with E-state index in [4.69, 9.17) is 37.4 Å². The molecule has 2 aromatic rings. The first-order valence-electron chi connectivity index (χ1n) is 18.4. The molecule has 45 heavy (non-hydrogen) atoms. The van der Waals surface area contributed by atoms with Crippen molar-refractivity contribution in [1.29, 1.82) is 0 Å². The van der Waals surface area contributed by atoms with E-state index in [-0.39, 0.29) is 12.6 Å². The summed E-state index contributed by atoms with van der Waals surface area (Å²) >= 11 is 11.6. The van der Waals surface area contributed by atoms with Crippen molar-refractivity contribution in [3.63, 3.8) is 0 Å². The number of unbranched alkanes of at least 4 members (excludes halogenated alkanes) is 18. The maximum atomic E-state index is 6.61. The van der Waals surface area contributed by atoms with Gasteiger partial charge < -0.3 is 14.2 Å². The van der Waals surface area contributed by atoms with Crippen LogP contribution in [0.4, 0.5) is 0 Å². The van der Waals surface area contributed by atoms with Gasteiger partial charge in [-0.1, -0.05) is 163 Å². The van der Waals surface area contributed by atoms with Crippen LogP contribution in [0.25, 0.3) is 0 Å². The molecular formula is C40H64Cl2O3. The molecule has 2 rings (SSSR count). The standard InChI is InChI=1S/C40H64Cl2O3/c41-33-25-15-11-7-3-1-5-9-13-23-31-39(43-35-37-27-19-17-20-28-37)45-40(44-36-38-29-21-18-22-30-38)32-24-14-10-6-2-4-8-12-16-26-34-42/h17-22,27-30,39-40H,1-16,23-26,31-36H2. The molecule has 5 heteroatoms. The van der Waals surface area contributed by atoms with Crippen LogP contribution in [-0.4, -0.2) is 24.3 Å². The summed E-state index contributed by atoms with van der Waals surface area (Å²) in [7, 11) is 0. The molecule has 0 saturated heterocycles. The lowest BCUT2D eigenvalue weighted by Crippen LogP contribution is -2.27. The highest BCUT2D eigenvalue weighted by Crippen LogP contribution is 2.20. The number of rotatable bonds is 32. The monoisotopic (exact) mass is 662 g/mol. The zero-order valence-electron chi connectivity index (χ0n) is 28.3. The lowest BCUT2D eigenvalue weighted by Gasteiger charge is -2.26. The minimum atomic E-state index is -0.258. The molecule has 2 unspecified atom stereocenters. The molecule has 0 aliphatic heterocycles. The molecule has 0 N–H and O–H groups in total. The molecule has 0 aromatic heterocycles. The summed E-state index contributed by atoms with van der Waals surface area (Å²) in [5.41, 5.74) is 2.36. The molecule has 0 saturated carbocycles. The third-order valence-corrected chi connectivity index (χ3v) is 9.04. The summed E-state index contributed by atoms with van der Waals surface area (Å²) in [6.07, 6.45) is 26.8. The van der Waals surface area contributed by atoms with E-state index in [9.17, 15) is 0 Å². The number of halogens is 2. The van der Waals surface area contributed by atoms with Gasteiger partial charge in [0.2, 0.25) is 0 Å². The fraction of sp³-hybridized carbons (Fsp3) is 0.700. The second-order valence-corrected chi connectivity index (χ2v) is 13.4. The van der Waals surface area contributed by atoms with E-state index in [1.165, 1.54) is 114 Å². The molecule has 0 amide bonds. The van der Waals surface area contributed by atoms with Crippen LogP contribution < -0.4 is 0 Å². The van der Waals surface area contributed by atoms with Gasteiger partial charge in [-0.2, -0.15) is 0 Å². The van der Waals surface area contributed by atoms with Gasteiger partial charge in [0.15, 0.2) is 12.6 Å². The van der Waals surface area contributed by atoms with Gasteiger partial charge in [-0.05, 0) is 49.7 Å². The summed E-state index contributed by atoms with van der Waals surface area (Å²) in [6, 6.07) is 20.9. The maximum Gasteiger partial charge on any atom is 0.161 e. The Bertz CT molecular complexity index is 795. The predicted octanol–water partition coefficient (Wildman–Crippen LogP) is 13.1. The molecule has 0 radical (unpaired) electrons. The van der Waals surface area contributed by atoms with Crippen molar-refractivity contribution >= 4 is 23.2 Å². The maximum absolute atomic E-state index is 6.61. The van der Waals surface area contributed by atoms with Crippen LogP contribution in [0, 0.1) is 0 Å². The Balaban J connectivity index is 1.78. The van der Waals surface area contributed by atoms with Crippen molar-refractivity contribution in [3.05, 3.63) is 71.8 Å². The molecule has 2 aromatic carbocycles. The predicted molar refractivity (Wildman–Crippen MR) is 194 cm³/mol. The normalized spacial score (nSPS) is 12.8. The summed E-state index contributed by atoms with van der Waals surface area (Å²) in [5.74, 6) is 1.60. The van der Waals surface area contributed by atoms with Crippen molar-refractivity contribution < 1.29 is 14.2 Å². The largest absolute Gasteiger partial charge is 0.348 e. The molecule has 0 aliphatic carbocycles. The van der Waals surface area contributed by atoms with E-state index in [2.05, 4.69) is 48.5 Å². The lowest BCUT2D eigenvalue weighted by atomic mass is 10.1. The van der Waals surface area contributed by atoms with Gasteiger partial charge in [0.1, 0.15) is 0 Å². The van der Waals surface area contributed by atoms with Crippen molar-refractivity contribution in [2.75, 3.05) is 11.8 Å². The minimum Gasteiger partial charge on any atom is -0.348 e. The number of hydrogen-bond acceptors (Lipinski definition) is 3. The smallest absolute Gasteiger partial charge is 0.161 e. The SMILES string of the molecule is ClCCCCCCCCCCCCC(OCc1ccccc1)OC(CCCCCCCCCCCCCl)OCc1ccccc1. The van der Waals surface area contributed by atoms with Crippen LogP contribution in [0.3, 0.4) is 0 Å². The average Bonchev–Trinajstić information content (AvgIpc) is 3.08. The van der Waals surface area contributed by atoms with E-state index in [0.717, 1.165) is 50.3 Å². The van der Waals surface area contributed by atoms with Gasteiger partial charge >= 0.3 is 0 Å². The van der Waals surface area contributed by atoms with Crippen molar-refractivity contribution in [2.24, 2.45) is 0 Å². The highest BCUT2D eigenvalue weighted by Gasteiger charge is 2.18. The fourth-order valence-corrected chi connectivity index (χ4v) is 6.09. The van der Waals surface area contributed by atoms with E-state index in [1.807, 2.05) is 12.1 Å². The Morgan fingerprint density at radius 2 is 0.667 bits per heavy atom. The molecule has 3 nitrogen and oxygen atoms in total. The van der Waals surface area contributed by atoms with Crippen molar-refractivity contribution in [2.45, 2.75) is 167 Å². The summed E-state index contributed by atoms with van der Waals surface area (Å²) in [4.78, 5) is 0. The number of benzene rings is 2. The van der Waals surface area contributed by atoms with Crippen LogP contribution in [0.5, 0.6) is 0 Å². The van der Waals surface area contributed by atoms with Gasteiger partial charge in [-0.3, -0.25) is 0 Å². The van der Waals surface area contributed by atoms with Crippen LogP contribution in [0.2, 0.25) is 0 Å². The zero-order chi connectivity index (χ0) is 31.9. The Morgan fingerprint density at radius 3 is 0.978 bits per heavy atom. The summed E-state index contributed by atoms with van der Waals surface area (Å²) < 4.78 is 19.4. The molecule has 2 atom stereocenters. The average molecular weight is 664 g/mol. The second kappa shape index (κ2) is 30.2. The molecule has 0 heterocycles. The third kappa shape index (κ3) is 23.8. The molecule has 0 spiro atoms. The van der Waals surface area contributed by atoms with Gasteiger partial charge in [-0.15, -0.1) is 23.2 Å². The highest BCUT2D eigenvalue weighted by atomic mass is 35.5. The van der Waals surface area contributed by atoms with Crippen LogP contribution in [0.15, 0.2) is 60.7 Å². The topological polar surface area (TPSA) is 27.7 Å². The van der Waals surface area contributed by atoms with Gasteiger partial charge in [0.05, 0.1) is 13.2 Å². The van der Waals surface area contributed by atoms with Crippen molar-refractivity contribution in [3.8, 4) is 0 Å². The Kier molecular flexibility index (Phi) is 26.9. The molecule has 256 valence electrons. The summed E-state index contributed by atoms with van der Waals surface area (Å²) in [5, 5.41) is 0. The fourth-order valence-electron chi connectivity index (χ4n) is 5.72. The van der Waals surface area contributed by atoms with Gasteiger partial charge in [0, 0.05) is 11.8 Å². The lowest BCUT2D eigenvalue weighted by molar-refractivity contribution is -0.256. The van der Waals surface area contributed by atoms with E-state index >= 15 is 0 Å². The number of hydrogen-bond donors (Lipinski definition) is 0. The minimum absolute atomic E-state index is 0.258. The Hall–Kier alpha value is -1.10. The van der Waals surface area contributed by atoms with Crippen molar-refractivity contribution in [1.82, 2.24) is 0 Å². The first-order chi connectivity index (χ1) is 22.3. The number of ether oxygens (including phenoxy) is 3. The van der Waals surface area contributed by atoms with Crippen LogP contribution in [0.1, 0.15) is 152 Å².